The molecule has 0 saturated carbocycles. The molecule has 1 aromatic rings. The van der Waals surface area contributed by atoms with Gasteiger partial charge in [-0.1, -0.05) is 6.07 Å². The first-order valence-electron chi connectivity index (χ1n) is 6.33. The molecule has 0 saturated heterocycles. The molecule has 19 heavy (non-hydrogen) atoms. The second-order valence-corrected chi connectivity index (χ2v) is 5.26. The van der Waals surface area contributed by atoms with Crippen LogP contribution in [0.5, 0.6) is 0 Å². The number of aromatic nitrogens is 1. The molecule has 2 N–H and O–H groups in total. The highest BCUT2D eigenvalue weighted by atomic mass is 16.2. The number of nitrogens with one attached hydrogen (secondary N) is 2. The van der Waals surface area contributed by atoms with E-state index in [4.69, 9.17) is 0 Å². The summed E-state index contributed by atoms with van der Waals surface area (Å²) in [5.41, 5.74) is -0.338. The van der Waals surface area contributed by atoms with E-state index >= 15 is 0 Å². The van der Waals surface area contributed by atoms with Crippen LogP contribution < -0.4 is 10.6 Å². The van der Waals surface area contributed by atoms with Crippen molar-refractivity contribution in [1.82, 2.24) is 15.6 Å². The van der Waals surface area contributed by atoms with Gasteiger partial charge in [-0.05, 0) is 39.8 Å². The van der Waals surface area contributed by atoms with Gasteiger partial charge in [0.15, 0.2) is 0 Å². The fourth-order valence-electron chi connectivity index (χ4n) is 1.44. The van der Waals surface area contributed by atoms with E-state index in [-0.39, 0.29) is 17.9 Å². The predicted octanol–water partition coefficient (Wildman–Crippen LogP) is 1.25. The number of amides is 2. The maximum absolute atomic E-state index is 12.1. The van der Waals surface area contributed by atoms with E-state index in [0.717, 1.165) is 5.69 Å². The number of nitrogens with zero attached hydrogens (tertiary/aromatic N) is 1. The molecule has 1 heterocycles. The lowest BCUT2D eigenvalue weighted by molar-refractivity contribution is -0.141. The maximum atomic E-state index is 12.1. The second-order valence-electron chi connectivity index (χ2n) is 5.26. The third kappa shape index (κ3) is 4.35. The Morgan fingerprint density at radius 2 is 1.95 bits per heavy atom. The summed E-state index contributed by atoms with van der Waals surface area (Å²) in [6.07, 6.45) is 1.66. The van der Waals surface area contributed by atoms with E-state index in [0.29, 0.717) is 6.54 Å². The van der Waals surface area contributed by atoms with Gasteiger partial charge in [-0.2, -0.15) is 0 Å². The van der Waals surface area contributed by atoms with Gasteiger partial charge in [0.2, 0.25) is 11.8 Å². The summed E-state index contributed by atoms with van der Waals surface area (Å²) >= 11 is 0. The fraction of sp³-hybridized carbons (Fsp3) is 0.500. The smallest absolute Gasteiger partial charge is 0.235 e. The topological polar surface area (TPSA) is 71.1 Å². The zero-order valence-corrected chi connectivity index (χ0v) is 11.9. The summed E-state index contributed by atoms with van der Waals surface area (Å²) in [6, 6.07) is 5.49. The minimum absolute atomic E-state index is 0.00960. The van der Waals surface area contributed by atoms with Crippen LogP contribution in [0.1, 0.15) is 33.4 Å². The Bertz CT molecular complexity index is 441. The Morgan fingerprint density at radius 1 is 1.26 bits per heavy atom. The number of hydrogen-bond donors (Lipinski definition) is 2. The normalized spacial score (nSPS) is 11.2. The molecule has 1 rings (SSSR count). The molecule has 1 aromatic heterocycles. The highest BCUT2D eigenvalue weighted by Crippen LogP contribution is 2.16. The predicted molar refractivity (Wildman–Crippen MR) is 73.1 cm³/mol. The average Bonchev–Trinajstić information content (AvgIpc) is 2.36. The third-order valence-electron chi connectivity index (χ3n) is 2.71. The molecule has 0 atom stereocenters. The summed E-state index contributed by atoms with van der Waals surface area (Å²) in [6.45, 7) is 7.26. The Labute approximate surface area is 113 Å². The van der Waals surface area contributed by atoms with Crippen molar-refractivity contribution in [3.8, 4) is 0 Å². The molecule has 2 amide bonds. The molecule has 0 bridgehead atoms. The van der Waals surface area contributed by atoms with Crippen molar-refractivity contribution in [3.05, 3.63) is 30.1 Å². The minimum atomic E-state index is -1.10. The molecule has 0 radical (unpaired) electrons. The summed E-state index contributed by atoms with van der Waals surface area (Å²) < 4.78 is 0. The standard InChI is InChI=1S/C14H21N3O2/c1-10(2)17-13(19)14(3,4)12(18)16-9-11-7-5-6-8-15-11/h5-8,10H,9H2,1-4H3,(H,16,18)(H,17,19). The minimum Gasteiger partial charge on any atom is -0.353 e. The lowest BCUT2D eigenvalue weighted by atomic mass is 9.90. The van der Waals surface area contributed by atoms with Crippen LogP contribution in [0.3, 0.4) is 0 Å². The van der Waals surface area contributed by atoms with Gasteiger partial charge in [-0.15, -0.1) is 0 Å². The molecular formula is C14H21N3O2. The first kappa shape index (κ1) is 15.1. The van der Waals surface area contributed by atoms with Gasteiger partial charge in [0, 0.05) is 12.2 Å². The van der Waals surface area contributed by atoms with Crippen molar-refractivity contribution in [3.63, 3.8) is 0 Å². The first-order valence-corrected chi connectivity index (χ1v) is 6.33. The van der Waals surface area contributed by atoms with Crippen LogP contribution in [0, 0.1) is 5.41 Å². The van der Waals surface area contributed by atoms with Crippen molar-refractivity contribution in [2.45, 2.75) is 40.3 Å². The van der Waals surface area contributed by atoms with E-state index in [9.17, 15) is 9.59 Å². The van der Waals surface area contributed by atoms with Crippen molar-refractivity contribution >= 4 is 11.8 Å². The van der Waals surface area contributed by atoms with Crippen LogP contribution >= 0.6 is 0 Å². The van der Waals surface area contributed by atoms with Gasteiger partial charge in [0.25, 0.3) is 0 Å². The van der Waals surface area contributed by atoms with Crippen molar-refractivity contribution in [2.24, 2.45) is 5.41 Å². The first-order chi connectivity index (χ1) is 8.84. The van der Waals surface area contributed by atoms with Crippen LogP contribution in [-0.2, 0) is 16.1 Å². The van der Waals surface area contributed by atoms with Crippen LogP contribution in [-0.4, -0.2) is 22.8 Å². The number of pyridine rings is 1. The highest BCUT2D eigenvalue weighted by molar-refractivity contribution is 6.04. The van der Waals surface area contributed by atoms with E-state index in [1.54, 1.807) is 20.0 Å². The molecule has 0 aliphatic heterocycles. The van der Waals surface area contributed by atoms with Gasteiger partial charge in [0.1, 0.15) is 5.41 Å². The number of carbonyl (C=O) groups excluding carboxylic acids is 2. The summed E-state index contributed by atoms with van der Waals surface area (Å²) in [5, 5.41) is 5.48. The molecule has 5 nitrogen and oxygen atoms in total. The molecular weight excluding hydrogens is 242 g/mol. The SMILES string of the molecule is CC(C)NC(=O)C(C)(C)C(=O)NCc1ccccn1. The van der Waals surface area contributed by atoms with Crippen molar-refractivity contribution in [2.75, 3.05) is 0 Å². The zero-order valence-electron chi connectivity index (χ0n) is 11.9. The summed E-state index contributed by atoms with van der Waals surface area (Å²) in [4.78, 5) is 28.1. The fourth-order valence-corrected chi connectivity index (χ4v) is 1.44. The average molecular weight is 263 g/mol. The Kier molecular flexibility index (Phi) is 5.03. The van der Waals surface area contributed by atoms with Gasteiger partial charge in [-0.25, -0.2) is 0 Å². The van der Waals surface area contributed by atoms with Gasteiger partial charge in [0.05, 0.1) is 12.2 Å². The third-order valence-corrected chi connectivity index (χ3v) is 2.71. The Balaban J connectivity index is 2.59. The number of carbonyl (C=O) groups is 2. The monoisotopic (exact) mass is 263 g/mol. The van der Waals surface area contributed by atoms with E-state index in [1.165, 1.54) is 0 Å². The van der Waals surface area contributed by atoms with Crippen molar-refractivity contribution in [1.29, 1.82) is 0 Å². The van der Waals surface area contributed by atoms with Gasteiger partial charge < -0.3 is 10.6 Å². The molecule has 0 fully saturated rings. The quantitative estimate of drug-likeness (QED) is 0.785. The highest BCUT2D eigenvalue weighted by Gasteiger charge is 2.35. The van der Waals surface area contributed by atoms with E-state index in [1.807, 2.05) is 32.0 Å². The van der Waals surface area contributed by atoms with E-state index in [2.05, 4.69) is 15.6 Å². The van der Waals surface area contributed by atoms with Crippen LogP contribution in [0.25, 0.3) is 0 Å². The molecule has 0 aliphatic rings. The zero-order chi connectivity index (χ0) is 14.5. The lowest BCUT2D eigenvalue weighted by Gasteiger charge is -2.23. The van der Waals surface area contributed by atoms with Crippen LogP contribution in [0.4, 0.5) is 0 Å². The molecule has 0 spiro atoms. The second kappa shape index (κ2) is 6.31. The van der Waals surface area contributed by atoms with Gasteiger partial charge in [-0.3, -0.25) is 14.6 Å². The summed E-state index contributed by atoms with van der Waals surface area (Å²) in [7, 11) is 0. The van der Waals surface area contributed by atoms with Gasteiger partial charge >= 0.3 is 0 Å². The summed E-state index contributed by atoms with van der Waals surface area (Å²) in [5.74, 6) is -0.586. The van der Waals surface area contributed by atoms with Crippen molar-refractivity contribution < 1.29 is 9.59 Å². The van der Waals surface area contributed by atoms with Crippen LogP contribution in [0.2, 0.25) is 0 Å². The largest absolute Gasteiger partial charge is 0.353 e. The molecule has 5 heteroatoms. The molecule has 0 aromatic carbocycles. The number of hydrogen-bond acceptors (Lipinski definition) is 3. The van der Waals surface area contributed by atoms with Crippen LogP contribution in [0.15, 0.2) is 24.4 Å². The number of rotatable bonds is 5. The maximum Gasteiger partial charge on any atom is 0.235 e. The molecule has 0 unspecified atom stereocenters. The Hall–Kier alpha value is -1.91. The molecule has 104 valence electrons. The Morgan fingerprint density at radius 3 is 2.47 bits per heavy atom. The van der Waals surface area contributed by atoms with E-state index < -0.39 is 5.41 Å². The molecule has 0 aliphatic carbocycles. The lowest BCUT2D eigenvalue weighted by Crippen LogP contribution is -2.49.